The molecule has 78 valence electrons. The van der Waals surface area contributed by atoms with Gasteiger partial charge in [-0.05, 0) is 19.8 Å². The lowest BCUT2D eigenvalue weighted by atomic mass is 9.93. The van der Waals surface area contributed by atoms with Crippen molar-refractivity contribution in [3.63, 3.8) is 0 Å². The van der Waals surface area contributed by atoms with Crippen LogP contribution in [0.25, 0.3) is 0 Å². The fraction of sp³-hybridized carbons (Fsp3) is 0.727. The first kappa shape index (κ1) is 10.1. The van der Waals surface area contributed by atoms with Gasteiger partial charge in [0.05, 0.1) is 5.01 Å². The summed E-state index contributed by atoms with van der Waals surface area (Å²) in [7, 11) is 0. The Morgan fingerprint density at radius 3 is 2.93 bits per heavy atom. The molecule has 14 heavy (non-hydrogen) atoms. The second-order valence-corrected chi connectivity index (χ2v) is 5.51. The number of hydrogen-bond acceptors (Lipinski definition) is 3. The van der Waals surface area contributed by atoms with Crippen molar-refractivity contribution in [1.29, 1.82) is 0 Å². The molecule has 1 heterocycles. The van der Waals surface area contributed by atoms with Gasteiger partial charge < -0.3 is 5.32 Å². The largest absolute Gasteiger partial charge is 0.313 e. The average molecular weight is 210 g/mol. The van der Waals surface area contributed by atoms with E-state index in [9.17, 15) is 0 Å². The van der Waals surface area contributed by atoms with Crippen LogP contribution in [-0.4, -0.2) is 17.6 Å². The lowest BCUT2D eigenvalue weighted by molar-refractivity contribution is 0.334. The molecule has 2 nitrogen and oxygen atoms in total. The molecule has 1 aliphatic carbocycles. The number of nitrogens with zero attached hydrogens (tertiary/aromatic N) is 1. The number of thiazole rings is 1. The molecule has 0 aromatic carbocycles. The second kappa shape index (κ2) is 4.41. The van der Waals surface area contributed by atoms with Crippen LogP contribution in [0.2, 0.25) is 0 Å². The Morgan fingerprint density at radius 2 is 2.43 bits per heavy atom. The van der Waals surface area contributed by atoms with Gasteiger partial charge in [-0.2, -0.15) is 0 Å². The Labute approximate surface area is 89.8 Å². The smallest absolute Gasteiger partial charge is 0.0968 e. The third-order valence-corrected chi connectivity index (χ3v) is 4.02. The Balaban J connectivity index is 1.79. The van der Waals surface area contributed by atoms with E-state index in [4.69, 9.17) is 0 Å². The van der Waals surface area contributed by atoms with Gasteiger partial charge in [-0.3, -0.25) is 0 Å². The molecule has 1 saturated carbocycles. The van der Waals surface area contributed by atoms with Gasteiger partial charge in [0.15, 0.2) is 0 Å². The molecule has 0 spiro atoms. The minimum Gasteiger partial charge on any atom is -0.313 e. The molecule has 0 saturated heterocycles. The predicted molar refractivity (Wildman–Crippen MR) is 60.9 cm³/mol. The van der Waals surface area contributed by atoms with E-state index in [0.29, 0.717) is 5.92 Å². The fourth-order valence-electron chi connectivity index (χ4n) is 1.64. The molecule has 1 unspecified atom stereocenters. The van der Waals surface area contributed by atoms with Crippen molar-refractivity contribution in [2.45, 2.75) is 45.1 Å². The van der Waals surface area contributed by atoms with Crippen LogP contribution < -0.4 is 5.32 Å². The van der Waals surface area contributed by atoms with Gasteiger partial charge >= 0.3 is 0 Å². The first-order valence-corrected chi connectivity index (χ1v) is 6.23. The maximum absolute atomic E-state index is 4.42. The second-order valence-electron chi connectivity index (χ2n) is 4.25. The highest BCUT2D eigenvalue weighted by Gasteiger charge is 2.18. The van der Waals surface area contributed by atoms with Crippen molar-refractivity contribution in [2.24, 2.45) is 0 Å². The highest BCUT2D eigenvalue weighted by molar-refractivity contribution is 7.11. The Kier molecular flexibility index (Phi) is 3.19. The van der Waals surface area contributed by atoms with Crippen LogP contribution in [0.4, 0.5) is 0 Å². The van der Waals surface area contributed by atoms with Gasteiger partial charge in [0, 0.05) is 29.6 Å². The molecule has 0 amide bonds. The fourth-order valence-corrected chi connectivity index (χ4v) is 2.47. The predicted octanol–water partition coefficient (Wildman–Crippen LogP) is 2.70. The van der Waals surface area contributed by atoms with Crippen molar-refractivity contribution in [3.05, 3.63) is 16.1 Å². The maximum atomic E-state index is 4.42. The van der Waals surface area contributed by atoms with Crippen LogP contribution in [0.5, 0.6) is 0 Å². The third-order valence-electron chi connectivity index (χ3n) is 2.88. The van der Waals surface area contributed by atoms with Gasteiger partial charge in [-0.1, -0.05) is 13.3 Å². The number of hydrogen-bond donors (Lipinski definition) is 1. The number of aryl methyl sites for hydroxylation is 1. The highest BCUT2D eigenvalue weighted by atomic mass is 32.1. The van der Waals surface area contributed by atoms with E-state index >= 15 is 0 Å². The van der Waals surface area contributed by atoms with Crippen molar-refractivity contribution in [2.75, 3.05) is 6.54 Å². The molecule has 3 heteroatoms. The zero-order chi connectivity index (χ0) is 9.97. The molecule has 1 atom stereocenters. The van der Waals surface area contributed by atoms with E-state index in [1.165, 1.54) is 29.1 Å². The van der Waals surface area contributed by atoms with Crippen molar-refractivity contribution >= 4 is 11.3 Å². The van der Waals surface area contributed by atoms with E-state index in [0.717, 1.165) is 12.6 Å². The molecule has 0 radical (unpaired) electrons. The van der Waals surface area contributed by atoms with Crippen LogP contribution in [0.15, 0.2) is 6.20 Å². The zero-order valence-electron chi connectivity index (χ0n) is 8.92. The van der Waals surface area contributed by atoms with Crippen LogP contribution in [0.1, 0.15) is 42.0 Å². The number of nitrogens with one attached hydrogen (secondary N) is 1. The van der Waals surface area contributed by atoms with Gasteiger partial charge in [0.1, 0.15) is 0 Å². The summed E-state index contributed by atoms with van der Waals surface area (Å²) in [5.41, 5.74) is 0. The minimum atomic E-state index is 0.564. The number of rotatable bonds is 4. The van der Waals surface area contributed by atoms with E-state index in [1.807, 2.05) is 17.5 Å². The van der Waals surface area contributed by atoms with E-state index in [-0.39, 0.29) is 0 Å². The first-order chi connectivity index (χ1) is 6.75. The summed E-state index contributed by atoms with van der Waals surface area (Å²) < 4.78 is 0. The van der Waals surface area contributed by atoms with Crippen LogP contribution in [0.3, 0.4) is 0 Å². The van der Waals surface area contributed by atoms with E-state index in [2.05, 4.69) is 24.1 Å². The van der Waals surface area contributed by atoms with Crippen molar-refractivity contribution in [1.82, 2.24) is 10.3 Å². The molecular weight excluding hydrogens is 192 g/mol. The summed E-state index contributed by atoms with van der Waals surface area (Å²) in [4.78, 5) is 5.73. The molecular formula is C11H18N2S. The van der Waals surface area contributed by atoms with Gasteiger partial charge in [-0.15, -0.1) is 11.3 Å². The number of aromatic nitrogens is 1. The quantitative estimate of drug-likeness (QED) is 0.826. The normalized spacial score (nSPS) is 19.3. The van der Waals surface area contributed by atoms with E-state index < -0.39 is 0 Å². The maximum Gasteiger partial charge on any atom is 0.0968 e. The summed E-state index contributed by atoms with van der Waals surface area (Å²) in [5.74, 6) is 0.564. The molecule has 1 N–H and O–H groups in total. The molecule has 1 aromatic rings. The van der Waals surface area contributed by atoms with Crippen molar-refractivity contribution in [3.8, 4) is 0 Å². The Hall–Kier alpha value is -0.410. The molecule has 1 aromatic heterocycles. The summed E-state index contributed by atoms with van der Waals surface area (Å²) in [6.45, 7) is 5.45. The zero-order valence-corrected chi connectivity index (χ0v) is 9.73. The van der Waals surface area contributed by atoms with E-state index in [1.54, 1.807) is 0 Å². The van der Waals surface area contributed by atoms with Gasteiger partial charge in [-0.25, -0.2) is 4.98 Å². The highest BCUT2D eigenvalue weighted by Crippen LogP contribution is 2.22. The minimum absolute atomic E-state index is 0.564. The summed E-state index contributed by atoms with van der Waals surface area (Å²) in [6.07, 6.45) is 6.11. The van der Waals surface area contributed by atoms with Crippen LogP contribution in [0, 0.1) is 6.92 Å². The standard InChI is InChI=1S/C11H18N2S/c1-8(6-12-10-4-3-5-10)11-13-7-9(2)14-11/h7-8,10,12H,3-6H2,1-2H3. The summed E-state index contributed by atoms with van der Waals surface area (Å²) in [5, 5.41) is 4.87. The molecule has 2 rings (SSSR count). The molecule has 0 bridgehead atoms. The van der Waals surface area contributed by atoms with Gasteiger partial charge in [0.25, 0.3) is 0 Å². The molecule has 1 aliphatic rings. The first-order valence-electron chi connectivity index (χ1n) is 5.41. The topological polar surface area (TPSA) is 24.9 Å². The lowest BCUT2D eigenvalue weighted by Crippen LogP contribution is -2.37. The lowest BCUT2D eigenvalue weighted by Gasteiger charge is -2.27. The summed E-state index contributed by atoms with van der Waals surface area (Å²) >= 11 is 1.82. The van der Waals surface area contributed by atoms with Crippen LogP contribution >= 0.6 is 11.3 Å². The molecule has 0 aliphatic heterocycles. The van der Waals surface area contributed by atoms with Crippen molar-refractivity contribution < 1.29 is 0 Å². The monoisotopic (exact) mass is 210 g/mol. The Morgan fingerprint density at radius 1 is 1.64 bits per heavy atom. The van der Waals surface area contributed by atoms with Crippen LogP contribution in [-0.2, 0) is 0 Å². The third kappa shape index (κ3) is 2.34. The Bertz CT molecular complexity index is 291. The molecule has 1 fully saturated rings. The SMILES string of the molecule is Cc1cnc(C(C)CNC2CCC2)s1. The summed E-state index contributed by atoms with van der Waals surface area (Å²) in [6, 6.07) is 0.790. The van der Waals surface area contributed by atoms with Gasteiger partial charge in [0.2, 0.25) is 0 Å². The average Bonchev–Trinajstić information content (AvgIpc) is 2.49.